The molecule has 0 saturated heterocycles. The molecule has 0 aliphatic heterocycles. The molecule has 0 heterocycles. The second-order valence-electron chi connectivity index (χ2n) is 15.7. The molecule has 2 atom stereocenters. The van der Waals surface area contributed by atoms with E-state index in [9.17, 15) is 24.2 Å². The first-order valence-electron chi connectivity index (χ1n) is 24.1. The Balaban J connectivity index is 3.63. The molecule has 0 radical (unpaired) electrons. The molecule has 61 heavy (non-hydrogen) atoms. The lowest BCUT2D eigenvalue weighted by molar-refractivity contribution is -0.147. The molecule has 9 nitrogen and oxygen atoms in total. The summed E-state index contributed by atoms with van der Waals surface area (Å²) in [4.78, 5) is 34.0. The van der Waals surface area contributed by atoms with Crippen molar-refractivity contribution in [2.75, 3.05) is 26.4 Å². The summed E-state index contributed by atoms with van der Waals surface area (Å²) in [5, 5.41) is 12.7. The monoisotopic (exact) mass is 874 g/mol. The average molecular weight is 874 g/mol. The van der Waals surface area contributed by atoms with Gasteiger partial charge in [0.1, 0.15) is 12.7 Å². The number of aliphatic hydroxyl groups is 1. The molecule has 0 fully saturated rings. The van der Waals surface area contributed by atoms with Crippen LogP contribution < -0.4 is 5.32 Å². The molecular weight excluding hydrogens is 786 g/mol. The lowest BCUT2D eigenvalue weighted by Gasteiger charge is -2.15. The number of nitrogens with one attached hydrogen (secondary N) is 1. The summed E-state index contributed by atoms with van der Waals surface area (Å²) in [5.41, 5.74) is 0. The molecule has 0 saturated carbocycles. The van der Waals surface area contributed by atoms with Gasteiger partial charge in [-0.25, -0.2) is 4.57 Å². The first-order valence-corrected chi connectivity index (χ1v) is 25.6. The van der Waals surface area contributed by atoms with Gasteiger partial charge < -0.3 is 20.1 Å². The number of ether oxygens (including phenoxy) is 1. The lowest BCUT2D eigenvalue weighted by Crippen LogP contribution is -2.27. The summed E-state index contributed by atoms with van der Waals surface area (Å²) in [5.74, 6) is -0.580. The molecule has 0 aromatic heterocycles. The van der Waals surface area contributed by atoms with Crippen LogP contribution in [0.1, 0.15) is 194 Å². The molecule has 350 valence electrons. The number of amides is 1. The highest BCUT2D eigenvalue weighted by molar-refractivity contribution is 7.47. The van der Waals surface area contributed by atoms with E-state index in [2.05, 4.69) is 98.2 Å². The van der Waals surface area contributed by atoms with E-state index in [1.807, 2.05) is 6.08 Å². The van der Waals surface area contributed by atoms with Gasteiger partial charge in [0.25, 0.3) is 0 Å². The SMILES string of the molecule is CC/C=C\C/C=C\C/C=C\C/C=C\C/C=C\CCCC(=O)OCC(O)COP(=O)(O)OCCNC(=O)CCCCCCCCCCCCCCC/C=C\C/C=C\CCCCC. The van der Waals surface area contributed by atoms with Gasteiger partial charge in [-0.05, 0) is 83.5 Å². The molecule has 0 aromatic carbocycles. The third-order valence-electron chi connectivity index (χ3n) is 9.81. The average Bonchev–Trinajstić information content (AvgIpc) is 3.25. The molecule has 1 amide bonds. The van der Waals surface area contributed by atoms with Crippen LogP contribution in [-0.2, 0) is 27.9 Å². The third kappa shape index (κ3) is 48.1. The van der Waals surface area contributed by atoms with Gasteiger partial charge in [-0.15, -0.1) is 0 Å². The van der Waals surface area contributed by atoms with Crippen molar-refractivity contribution in [3.05, 3.63) is 85.1 Å². The summed E-state index contributed by atoms with van der Waals surface area (Å²) >= 11 is 0. The van der Waals surface area contributed by atoms with Crippen molar-refractivity contribution in [2.24, 2.45) is 0 Å². The fraction of sp³-hybridized carbons (Fsp3) is 0.686. The predicted octanol–water partition coefficient (Wildman–Crippen LogP) is 14.0. The van der Waals surface area contributed by atoms with Gasteiger partial charge in [0.05, 0.1) is 13.2 Å². The van der Waals surface area contributed by atoms with E-state index in [-0.39, 0.29) is 32.1 Å². The van der Waals surface area contributed by atoms with E-state index >= 15 is 0 Å². The largest absolute Gasteiger partial charge is 0.472 e. The highest BCUT2D eigenvalue weighted by Crippen LogP contribution is 2.42. The molecule has 2 unspecified atom stereocenters. The number of carbonyl (C=O) groups is 2. The maximum Gasteiger partial charge on any atom is 0.472 e. The van der Waals surface area contributed by atoms with E-state index in [4.69, 9.17) is 13.8 Å². The third-order valence-corrected chi connectivity index (χ3v) is 10.8. The number of allylic oxidation sites excluding steroid dienone is 14. The second-order valence-corrected chi connectivity index (χ2v) is 17.1. The Morgan fingerprint density at radius 1 is 0.525 bits per heavy atom. The fourth-order valence-corrected chi connectivity index (χ4v) is 6.97. The minimum atomic E-state index is -4.44. The molecule has 0 bridgehead atoms. The normalized spacial score (nSPS) is 14.0. The van der Waals surface area contributed by atoms with Gasteiger partial charge in [-0.1, -0.05) is 182 Å². The number of aliphatic hydroxyl groups excluding tert-OH is 1. The Labute approximate surface area is 373 Å². The smallest absolute Gasteiger partial charge is 0.463 e. The lowest BCUT2D eigenvalue weighted by atomic mass is 10.0. The van der Waals surface area contributed by atoms with Crippen LogP contribution in [0.4, 0.5) is 0 Å². The van der Waals surface area contributed by atoms with Crippen molar-refractivity contribution in [1.29, 1.82) is 0 Å². The van der Waals surface area contributed by atoms with Crippen LogP contribution in [0.5, 0.6) is 0 Å². The fourth-order valence-electron chi connectivity index (χ4n) is 6.21. The first-order chi connectivity index (χ1) is 29.8. The summed E-state index contributed by atoms with van der Waals surface area (Å²) < 4.78 is 26.9. The van der Waals surface area contributed by atoms with Crippen LogP contribution in [-0.4, -0.2) is 54.3 Å². The van der Waals surface area contributed by atoms with E-state index in [0.29, 0.717) is 12.8 Å². The molecule has 0 aliphatic carbocycles. The second kappa shape index (κ2) is 46.7. The van der Waals surface area contributed by atoms with Crippen molar-refractivity contribution in [1.82, 2.24) is 5.32 Å². The number of esters is 1. The quantitative estimate of drug-likeness (QED) is 0.0239. The molecule has 0 aliphatic rings. The van der Waals surface area contributed by atoms with Crippen molar-refractivity contribution >= 4 is 19.7 Å². The number of phosphoric ester groups is 1. The Hall–Kier alpha value is -2.81. The Bertz CT molecular complexity index is 1270. The highest BCUT2D eigenvalue weighted by Gasteiger charge is 2.23. The minimum Gasteiger partial charge on any atom is -0.463 e. The van der Waals surface area contributed by atoms with Gasteiger partial charge >= 0.3 is 13.8 Å². The molecule has 0 aromatic rings. The number of phosphoric acid groups is 1. The van der Waals surface area contributed by atoms with Crippen molar-refractivity contribution in [2.45, 2.75) is 200 Å². The predicted molar refractivity (Wildman–Crippen MR) is 256 cm³/mol. The van der Waals surface area contributed by atoms with E-state index < -0.39 is 26.5 Å². The van der Waals surface area contributed by atoms with Crippen LogP contribution >= 0.6 is 7.82 Å². The van der Waals surface area contributed by atoms with Crippen LogP contribution in [0.15, 0.2) is 85.1 Å². The maximum absolute atomic E-state index is 12.1. The van der Waals surface area contributed by atoms with Crippen LogP contribution in [0.2, 0.25) is 0 Å². The molecule has 3 N–H and O–H groups in total. The van der Waals surface area contributed by atoms with Crippen LogP contribution in [0.25, 0.3) is 0 Å². The Kier molecular flexibility index (Phi) is 44.5. The van der Waals surface area contributed by atoms with Gasteiger partial charge in [0.15, 0.2) is 0 Å². The summed E-state index contributed by atoms with van der Waals surface area (Å²) in [6.45, 7) is 3.35. The number of unbranched alkanes of at least 4 members (excludes halogenated alkanes) is 17. The topological polar surface area (TPSA) is 131 Å². The van der Waals surface area contributed by atoms with Gasteiger partial charge in [-0.3, -0.25) is 18.6 Å². The molecule has 0 spiro atoms. The zero-order chi connectivity index (χ0) is 44.6. The summed E-state index contributed by atoms with van der Waals surface area (Å²) in [7, 11) is -4.44. The Morgan fingerprint density at radius 2 is 0.951 bits per heavy atom. The van der Waals surface area contributed by atoms with Gasteiger partial charge in [-0.2, -0.15) is 0 Å². The summed E-state index contributed by atoms with van der Waals surface area (Å²) in [6.07, 6.45) is 59.6. The standard InChI is InChI=1S/C51H88NO8P/c1-3-5-7-9-11-13-15-17-19-21-22-23-24-25-26-28-29-31-33-35-37-39-41-43-50(54)52-45-46-59-61(56,57)60-48-49(53)47-58-51(55)44-42-40-38-36-34-32-30-27-20-18-16-14-12-10-8-6-4-2/h6,8,11-14,17-20,30,32,36,38,49,53H,3-5,7,9-10,15-16,21-29,31,33-35,37,39-48H2,1-2H3,(H,52,54)(H,56,57)/b8-6-,13-11-,14-12-,19-17-,20-18-,32-30-,38-36-. The van der Waals surface area contributed by atoms with Crippen LogP contribution in [0.3, 0.4) is 0 Å². The van der Waals surface area contributed by atoms with Crippen molar-refractivity contribution in [3.63, 3.8) is 0 Å². The number of carbonyl (C=O) groups excluding carboxylic acids is 2. The molecular formula is C51H88NO8P. The van der Waals surface area contributed by atoms with Crippen molar-refractivity contribution < 1.29 is 37.9 Å². The minimum absolute atomic E-state index is 0.0707. The zero-order valence-electron chi connectivity index (χ0n) is 38.6. The van der Waals surface area contributed by atoms with E-state index in [1.54, 1.807) is 0 Å². The highest BCUT2D eigenvalue weighted by atomic mass is 31.2. The van der Waals surface area contributed by atoms with Gasteiger partial charge in [0, 0.05) is 19.4 Å². The van der Waals surface area contributed by atoms with E-state index in [1.165, 1.54) is 96.3 Å². The van der Waals surface area contributed by atoms with Gasteiger partial charge in [0.2, 0.25) is 5.91 Å². The Morgan fingerprint density at radius 3 is 1.44 bits per heavy atom. The first kappa shape index (κ1) is 58.2. The van der Waals surface area contributed by atoms with Crippen molar-refractivity contribution in [3.8, 4) is 0 Å². The number of rotatable bonds is 44. The van der Waals surface area contributed by atoms with E-state index in [0.717, 1.165) is 64.2 Å². The number of hydrogen-bond acceptors (Lipinski definition) is 7. The zero-order valence-corrected chi connectivity index (χ0v) is 39.5. The molecule has 10 heteroatoms. The summed E-state index contributed by atoms with van der Waals surface area (Å²) in [6, 6.07) is 0. The maximum atomic E-state index is 12.1. The number of hydrogen-bond donors (Lipinski definition) is 3. The molecule has 0 rings (SSSR count). The van der Waals surface area contributed by atoms with Crippen LogP contribution in [0, 0.1) is 0 Å².